The second-order valence-corrected chi connectivity index (χ2v) is 6.04. The van der Waals surface area contributed by atoms with E-state index in [2.05, 4.69) is 21.7 Å². The zero-order chi connectivity index (χ0) is 13.8. The van der Waals surface area contributed by atoms with E-state index in [1.54, 1.807) is 0 Å². The highest BCUT2D eigenvalue weighted by molar-refractivity contribution is 7.99. The van der Waals surface area contributed by atoms with Crippen molar-refractivity contribution in [3.05, 3.63) is 5.82 Å². The molecule has 6 heteroatoms. The lowest BCUT2D eigenvalue weighted by Gasteiger charge is -2.33. The third-order valence-corrected chi connectivity index (χ3v) is 4.81. The Kier molecular flexibility index (Phi) is 4.85. The molecule has 106 valence electrons. The first-order chi connectivity index (χ1) is 9.13. The highest BCUT2D eigenvalue weighted by atomic mass is 32.2. The summed E-state index contributed by atoms with van der Waals surface area (Å²) in [6.45, 7) is 4.19. The van der Waals surface area contributed by atoms with Gasteiger partial charge in [0.15, 0.2) is 5.16 Å². The van der Waals surface area contributed by atoms with Gasteiger partial charge in [0.25, 0.3) is 0 Å². The van der Waals surface area contributed by atoms with Crippen LogP contribution in [0.25, 0.3) is 0 Å². The molecule has 1 aromatic rings. The van der Waals surface area contributed by atoms with Crippen LogP contribution >= 0.6 is 11.8 Å². The van der Waals surface area contributed by atoms with Gasteiger partial charge in [0, 0.05) is 6.04 Å². The number of aliphatic carboxylic acids is 1. The van der Waals surface area contributed by atoms with E-state index >= 15 is 0 Å². The molecule has 0 aromatic carbocycles. The molecular weight excluding hydrogens is 262 g/mol. The number of carbonyl (C=O) groups is 1. The summed E-state index contributed by atoms with van der Waals surface area (Å²) in [6, 6.07) is 0.435. The van der Waals surface area contributed by atoms with Gasteiger partial charge in [-0.15, -0.1) is 10.2 Å². The maximum atomic E-state index is 10.7. The molecule has 1 fully saturated rings. The van der Waals surface area contributed by atoms with Crippen LogP contribution in [-0.2, 0) is 4.79 Å². The molecule has 0 radical (unpaired) electrons. The van der Waals surface area contributed by atoms with Crippen LogP contribution in [0.5, 0.6) is 0 Å². The Morgan fingerprint density at radius 2 is 2.16 bits per heavy atom. The zero-order valence-electron chi connectivity index (χ0n) is 11.5. The van der Waals surface area contributed by atoms with E-state index in [-0.39, 0.29) is 5.75 Å². The Bertz CT molecular complexity index is 447. The van der Waals surface area contributed by atoms with Gasteiger partial charge in [-0.25, -0.2) is 0 Å². The van der Waals surface area contributed by atoms with Crippen molar-refractivity contribution in [2.24, 2.45) is 5.92 Å². The molecule has 0 spiro atoms. The van der Waals surface area contributed by atoms with Crippen LogP contribution in [0.2, 0.25) is 0 Å². The van der Waals surface area contributed by atoms with E-state index in [9.17, 15) is 4.79 Å². The second-order valence-electron chi connectivity index (χ2n) is 5.10. The van der Waals surface area contributed by atoms with E-state index in [1.807, 2.05) is 6.92 Å². The SMILES string of the molecule is CCC1CCCCC1n1c(C)nnc1SCC(=O)O. The van der Waals surface area contributed by atoms with Gasteiger partial charge in [-0.05, 0) is 25.7 Å². The van der Waals surface area contributed by atoms with Crippen molar-refractivity contribution in [3.8, 4) is 0 Å². The fourth-order valence-corrected chi connectivity index (χ4v) is 3.72. The van der Waals surface area contributed by atoms with Gasteiger partial charge in [-0.2, -0.15) is 0 Å². The van der Waals surface area contributed by atoms with Gasteiger partial charge in [0.1, 0.15) is 5.82 Å². The minimum atomic E-state index is -0.812. The largest absolute Gasteiger partial charge is 0.481 e. The first-order valence-corrected chi connectivity index (χ1v) is 7.88. The van der Waals surface area contributed by atoms with Gasteiger partial charge in [-0.3, -0.25) is 4.79 Å². The van der Waals surface area contributed by atoms with Crippen LogP contribution in [0.3, 0.4) is 0 Å². The molecule has 19 heavy (non-hydrogen) atoms. The van der Waals surface area contributed by atoms with Crippen LogP contribution in [0.1, 0.15) is 50.9 Å². The smallest absolute Gasteiger partial charge is 0.313 e. The van der Waals surface area contributed by atoms with Gasteiger partial charge < -0.3 is 9.67 Å². The molecule has 0 bridgehead atoms. The number of rotatable bonds is 5. The fourth-order valence-electron chi connectivity index (χ4n) is 2.96. The third-order valence-electron chi connectivity index (χ3n) is 3.88. The van der Waals surface area contributed by atoms with Crippen LogP contribution in [-0.4, -0.2) is 31.6 Å². The number of thioether (sulfide) groups is 1. The van der Waals surface area contributed by atoms with E-state index in [0.717, 1.165) is 23.8 Å². The molecule has 0 saturated heterocycles. The predicted octanol–water partition coefficient (Wildman–Crippen LogP) is 2.90. The first-order valence-electron chi connectivity index (χ1n) is 6.89. The Morgan fingerprint density at radius 1 is 1.42 bits per heavy atom. The van der Waals surface area contributed by atoms with Crippen LogP contribution < -0.4 is 0 Å². The van der Waals surface area contributed by atoms with Crippen molar-refractivity contribution in [1.82, 2.24) is 14.8 Å². The Hall–Kier alpha value is -1.04. The average Bonchev–Trinajstić information content (AvgIpc) is 2.77. The Balaban J connectivity index is 2.21. The van der Waals surface area contributed by atoms with Crippen LogP contribution in [0, 0.1) is 12.8 Å². The zero-order valence-corrected chi connectivity index (χ0v) is 12.3. The van der Waals surface area contributed by atoms with Crippen molar-refractivity contribution < 1.29 is 9.90 Å². The summed E-state index contributed by atoms with van der Waals surface area (Å²) in [7, 11) is 0. The van der Waals surface area contributed by atoms with Crippen molar-refractivity contribution in [1.29, 1.82) is 0 Å². The third kappa shape index (κ3) is 3.29. The molecule has 2 rings (SSSR count). The quantitative estimate of drug-likeness (QED) is 0.841. The molecule has 0 amide bonds. The number of hydrogen-bond acceptors (Lipinski definition) is 4. The maximum Gasteiger partial charge on any atom is 0.313 e. The maximum absolute atomic E-state index is 10.7. The van der Waals surface area contributed by atoms with Crippen molar-refractivity contribution in [3.63, 3.8) is 0 Å². The lowest BCUT2D eigenvalue weighted by Crippen LogP contribution is -2.24. The fraction of sp³-hybridized carbons (Fsp3) is 0.769. The number of hydrogen-bond donors (Lipinski definition) is 1. The summed E-state index contributed by atoms with van der Waals surface area (Å²) in [5.41, 5.74) is 0. The molecule has 1 saturated carbocycles. The summed E-state index contributed by atoms with van der Waals surface area (Å²) in [4.78, 5) is 10.7. The molecule has 1 aliphatic carbocycles. The minimum absolute atomic E-state index is 0.0433. The minimum Gasteiger partial charge on any atom is -0.481 e. The molecule has 0 aliphatic heterocycles. The van der Waals surface area contributed by atoms with E-state index in [0.29, 0.717) is 12.0 Å². The van der Waals surface area contributed by atoms with Gasteiger partial charge in [0.05, 0.1) is 5.75 Å². The molecule has 1 aromatic heterocycles. The lowest BCUT2D eigenvalue weighted by atomic mass is 9.82. The number of aryl methyl sites for hydroxylation is 1. The number of nitrogens with zero attached hydrogens (tertiary/aromatic N) is 3. The van der Waals surface area contributed by atoms with E-state index < -0.39 is 5.97 Å². The van der Waals surface area contributed by atoms with Crippen molar-refractivity contribution >= 4 is 17.7 Å². The topological polar surface area (TPSA) is 68.0 Å². The molecule has 1 N–H and O–H groups in total. The van der Waals surface area contributed by atoms with E-state index in [4.69, 9.17) is 5.11 Å². The lowest BCUT2D eigenvalue weighted by molar-refractivity contribution is -0.133. The number of carboxylic acids is 1. The normalized spacial score (nSPS) is 23.5. The summed E-state index contributed by atoms with van der Waals surface area (Å²) in [5.74, 6) is 0.792. The number of aromatic nitrogens is 3. The Morgan fingerprint density at radius 3 is 2.84 bits per heavy atom. The monoisotopic (exact) mass is 283 g/mol. The van der Waals surface area contributed by atoms with Crippen molar-refractivity contribution in [2.75, 3.05) is 5.75 Å². The van der Waals surface area contributed by atoms with Crippen LogP contribution in [0.4, 0.5) is 0 Å². The van der Waals surface area contributed by atoms with Gasteiger partial charge >= 0.3 is 5.97 Å². The molecule has 1 heterocycles. The Labute approximate surface area is 117 Å². The standard InChI is InChI=1S/C13H21N3O2S/c1-3-10-6-4-5-7-11(10)16-9(2)14-15-13(16)19-8-12(17)18/h10-11H,3-8H2,1-2H3,(H,17,18). The summed E-state index contributed by atoms with van der Waals surface area (Å²) in [6.07, 6.45) is 6.10. The molecule has 2 unspecified atom stereocenters. The van der Waals surface area contributed by atoms with Crippen molar-refractivity contribution in [2.45, 2.75) is 57.1 Å². The average molecular weight is 283 g/mol. The van der Waals surface area contributed by atoms with Crippen LogP contribution in [0.15, 0.2) is 5.16 Å². The molecule has 2 atom stereocenters. The first kappa shape index (κ1) is 14.4. The van der Waals surface area contributed by atoms with Gasteiger partial charge in [-0.1, -0.05) is 37.9 Å². The summed E-state index contributed by atoms with van der Waals surface area (Å²) in [5, 5.41) is 17.8. The molecule has 5 nitrogen and oxygen atoms in total. The highest BCUT2D eigenvalue weighted by Crippen LogP contribution is 2.38. The number of carboxylic acid groups (broad SMARTS) is 1. The molecule has 1 aliphatic rings. The summed E-state index contributed by atoms with van der Waals surface area (Å²) >= 11 is 1.27. The highest BCUT2D eigenvalue weighted by Gasteiger charge is 2.28. The second kappa shape index (κ2) is 6.41. The van der Waals surface area contributed by atoms with E-state index in [1.165, 1.54) is 31.0 Å². The predicted molar refractivity (Wildman–Crippen MR) is 74.4 cm³/mol. The molecular formula is C13H21N3O2S. The van der Waals surface area contributed by atoms with Gasteiger partial charge in [0.2, 0.25) is 0 Å². The summed E-state index contributed by atoms with van der Waals surface area (Å²) < 4.78 is 2.17.